The van der Waals surface area contributed by atoms with Crippen molar-refractivity contribution in [3.63, 3.8) is 0 Å². The monoisotopic (exact) mass is 990 g/mol. The van der Waals surface area contributed by atoms with E-state index in [9.17, 15) is 4.79 Å². The number of aryl methyl sites for hydroxylation is 3. The zero-order chi connectivity index (χ0) is 48.3. The average molecular weight is 992 g/mol. The topological polar surface area (TPSA) is 154 Å². The van der Waals surface area contributed by atoms with Crippen LogP contribution in [0.4, 0.5) is 0 Å². The van der Waals surface area contributed by atoms with E-state index in [-0.39, 0.29) is 12.5 Å². The molecule has 10 nitrogen and oxygen atoms in total. The van der Waals surface area contributed by atoms with Gasteiger partial charge in [-0.15, -0.1) is 45.6 Å². The molecule has 0 saturated carbocycles. The smallest absolute Gasteiger partial charge is 0.258 e. The van der Waals surface area contributed by atoms with Crippen molar-refractivity contribution in [2.75, 3.05) is 0 Å². The molecule has 3 N–H and O–H groups in total. The Balaban J connectivity index is 0.000000128. The number of carbonyl (C=O) groups is 1. The van der Waals surface area contributed by atoms with Gasteiger partial charge in [0.25, 0.3) is 5.91 Å². The van der Waals surface area contributed by atoms with E-state index < -0.39 is 0 Å². The highest BCUT2D eigenvalue weighted by Crippen LogP contribution is 2.43. The van der Waals surface area contributed by atoms with Gasteiger partial charge < -0.3 is 19.7 Å². The van der Waals surface area contributed by atoms with Gasteiger partial charge in [0.05, 0.1) is 32.9 Å². The zero-order valence-electron chi connectivity index (χ0n) is 40.7. The summed E-state index contributed by atoms with van der Waals surface area (Å²) in [5, 5.41) is 12.5. The number of aliphatic hydroxyl groups excluding tert-OH is 1. The van der Waals surface area contributed by atoms with Gasteiger partial charge in [0.15, 0.2) is 0 Å². The molecule has 8 aromatic heterocycles. The van der Waals surface area contributed by atoms with Crippen LogP contribution in [0, 0.1) is 34.0 Å². The van der Waals surface area contributed by atoms with E-state index in [1.54, 1.807) is 35.1 Å². The third kappa shape index (κ3) is 10.5. The Kier molecular flexibility index (Phi) is 13.5. The zero-order valence-corrected chi connectivity index (χ0v) is 43.9. The van der Waals surface area contributed by atoms with Crippen LogP contribution in [-0.4, -0.2) is 35.9 Å². The lowest BCUT2D eigenvalue weighted by molar-refractivity contribution is 0.100. The molecule has 0 radical (unpaired) electrons. The molecule has 3 aliphatic rings. The first-order valence-corrected chi connectivity index (χ1v) is 26.8. The second-order valence-electron chi connectivity index (χ2n) is 22.1. The van der Waals surface area contributed by atoms with Crippen LogP contribution in [0.15, 0.2) is 57.6 Å². The second kappa shape index (κ2) is 19.0. The number of halogens is 1. The molecule has 8 aromatic rings. The van der Waals surface area contributed by atoms with E-state index in [0.29, 0.717) is 62.1 Å². The van der Waals surface area contributed by atoms with Crippen molar-refractivity contribution in [3.05, 3.63) is 99.0 Å². The normalized spacial score (nSPS) is 18.4. The second-order valence-corrected chi connectivity index (χ2v) is 25.5. The highest BCUT2D eigenvalue weighted by atomic mass is 35.5. The lowest BCUT2D eigenvalue weighted by atomic mass is 9.71. The van der Waals surface area contributed by atoms with Gasteiger partial charge in [0.1, 0.15) is 32.6 Å². The molecule has 3 atom stereocenters. The molecule has 0 fully saturated rings. The molecule has 1 amide bonds. The van der Waals surface area contributed by atoms with Crippen LogP contribution >= 0.6 is 45.6 Å². The number of nitrogens with zero attached hydrogens (tertiary/aromatic N) is 5. The third-order valence-corrected chi connectivity index (χ3v) is 17.7. The SMILES string of the molecule is CC(C)(C)C1CCc2nc3sc(-c4ncc(CCl)o4)cc3cc2C1.CC(C)(C)C1CCc2nc3sc(-c4ncc(CO)o4)cc3cc2C1.CC(C)(C)C1CCc2nc3sc(C(N)=O)cc3cc2C1. The Bertz CT molecular complexity index is 2970. The molecule has 0 spiro atoms. The van der Waals surface area contributed by atoms with Crippen molar-refractivity contribution in [1.82, 2.24) is 24.9 Å². The summed E-state index contributed by atoms with van der Waals surface area (Å²) in [4.78, 5) is 40.1. The first-order chi connectivity index (χ1) is 32.2. The minimum absolute atomic E-state index is 0.126. The number of fused-ring (bicyclic) bond motifs is 6. The number of rotatable bonds is 5. The van der Waals surface area contributed by atoms with Crippen molar-refractivity contribution in [1.29, 1.82) is 0 Å². The number of primary amides is 1. The summed E-state index contributed by atoms with van der Waals surface area (Å²) < 4.78 is 11.2. The number of oxazole rings is 2. The van der Waals surface area contributed by atoms with Crippen LogP contribution in [0.2, 0.25) is 0 Å². The molecule has 0 bridgehead atoms. The number of amides is 1. The first-order valence-electron chi connectivity index (χ1n) is 23.9. The number of aliphatic hydroxyl groups is 1. The Labute approximate surface area is 416 Å². The predicted octanol–water partition coefficient (Wildman–Crippen LogP) is 14.0. The van der Waals surface area contributed by atoms with E-state index >= 15 is 0 Å². The van der Waals surface area contributed by atoms with Gasteiger partial charge in [-0.25, -0.2) is 24.9 Å². The van der Waals surface area contributed by atoms with Crippen LogP contribution in [-0.2, 0) is 51.0 Å². The first kappa shape index (κ1) is 48.5. The van der Waals surface area contributed by atoms with Crippen LogP contribution in [0.3, 0.4) is 0 Å². The quantitative estimate of drug-likeness (QED) is 0.160. The van der Waals surface area contributed by atoms with Gasteiger partial charge in [-0.2, -0.15) is 0 Å². The number of alkyl halides is 1. The fourth-order valence-electron chi connectivity index (χ4n) is 9.90. The largest absolute Gasteiger partial charge is 0.439 e. The number of hydrogen-bond donors (Lipinski definition) is 2. The van der Waals surface area contributed by atoms with Crippen molar-refractivity contribution in [2.45, 2.75) is 133 Å². The van der Waals surface area contributed by atoms with Gasteiger partial charge in [0.2, 0.25) is 11.8 Å². The maximum Gasteiger partial charge on any atom is 0.258 e. The number of hydrogen-bond acceptors (Lipinski definition) is 12. The molecule has 0 saturated heterocycles. The predicted molar refractivity (Wildman–Crippen MR) is 279 cm³/mol. The van der Waals surface area contributed by atoms with Gasteiger partial charge in [-0.1, -0.05) is 62.3 Å². The van der Waals surface area contributed by atoms with E-state index in [0.717, 1.165) is 79.5 Å². The number of thiophene rings is 3. The Hall–Kier alpha value is -4.53. The third-order valence-electron chi connectivity index (χ3n) is 14.4. The van der Waals surface area contributed by atoms with Gasteiger partial charge in [0, 0.05) is 33.2 Å². The summed E-state index contributed by atoms with van der Waals surface area (Å²) in [5.41, 5.74) is 14.2. The molecule has 8 heterocycles. The summed E-state index contributed by atoms with van der Waals surface area (Å²) >= 11 is 10.4. The number of aromatic nitrogens is 5. The van der Waals surface area contributed by atoms with Gasteiger partial charge in [-0.05, 0) is 145 Å². The van der Waals surface area contributed by atoms with Gasteiger partial charge >= 0.3 is 0 Å². The van der Waals surface area contributed by atoms with E-state index in [2.05, 4.69) is 103 Å². The highest BCUT2D eigenvalue weighted by Gasteiger charge is 2.32. The fraction of sp³-hybridized carbons (Fsp3) is 0.481. The van der Waals surface area contributed by atoms with E-state index in [4.69, 9.17) is 46.2 Å². The minimum Gasteiger partial charge on any atom is -0.439 e. The van der Waals surface area contributed by atoms with Crippen molar-refractivity contribution >= 4 is 82.2 Å². The minimum atomic E-state index is -0.362. The fourth-order valence-corrected chi connectivity index (χ4v) is 12.8. The van der Waals surface area contributed by atoms with Crippen LogP contribution < -0.4 is 5.73 Å². The maximum absolute atomic E-state index is 11.3. The molecule has 68 heavy (non-hydrogen) atoms. The lowest BCUT2D eigenvalue weighted by Gasteiger charge is -2.34. The number of pyridine rings is 3. The molecule has 14 heteroatoms. The molecule has 11 rings (SSSR count). The number of carbonyl (C=O) groups excluding carboxylic acids is 1. The molecular formula is C54H63ClN6O4S3. The van der Waals surface area contributed by atoms with Crippen LogP contribution in [0.1, 0.15) is 137 Å². The highest BCUT2D eigenvalue weighted by molar-refractivity contribution is 7.22. The average Bonchev–Trinajstić information content (AvgIpc) is 4.15. The Morgan fingerprint density at radius 2 is 1.00 bits per heavy atom. The van der Waals surface area contributed by atoms with Crippen molar-refractivity contribution in [3.8, 4) is 21.5 Å². The Morgan fingerprint density at radius 3 is 1.35 bits per heavy atom. The molecule has 3 unspecified atom stereocenters. The molecule has 0 aromatic carbocycles. The maximum atomic E-state index is 11.3. The Morgan fingerprint density at radius 1 is 0.618 bits per heavy atom. The summed E-state index contributed by atoms with van der Waals surface area (Å²) in [5.74, 6) is 4.50. The summed E-state index contributed by atoms with van der Waals surface area (Å²) in [6, 6.07) is 12.9. The summed E-state index contributed by atoms with van der Waals surface area (Å²) in [7, 11) is 0. The summed E-state index contributed by atoms with van der Waals surface area (Å²) in [6.07, 6.45) is 13.4. The van der Waals surface area contributed by atoms with Crippen molar-refractivity contribution in [2.24, 2.45) is 39.7 Å². The van der Waals surface area contributed by atoms with Crippen LogP contribution in [0.25, 0.3) is 52.2 Å². The van der Waals surface area contributed by atoms with Gasteiger partial charge in [-0.3, -0.25) is 4.79 Å². The molecule has 0 aliphatic heterocycles. The molecular weight excluding hydrogens is 928 g/mol. The molecule has 358 valence electrons. The molecule has 3 aliphatic carbocycles. The van der Waals surface area contributed by atoms with E-state index in [1.165, 1.54) is 69.8 Å². The van der Waals surface area contributed by atoms with Crippen LogP contribution in [0.5, 0.6) is 0 Å². The lowest BCUT2D eigenvalue weighted by Crippen LogP contribution is -2.27. The number of nitrogens with two attached hydrogens (primary N) is 1. The standard InChI is InChI=1S/C19H21ClN2OS.C19H22N2O2S.C16H20N2OS/c1-19(2,3)13-4-5-15-11(7-13)6-12-8-16(24-18(12)22-15)17-21-10-14(9-20)23-17;1-19(2,3)13-4-5-15-11(7-13)6-12-8-16(24-18(12)21-15)17-20-9-14(10-22)23-17;1-16(2,3)11-4-5-12-9(7-11)6-10-8-13(14(17)19)20-15(10)18-12/h6,8,10,13H,4-5,7,9H2,1-3H3;6,8-9,13,22H,4-5,7,10H2,1-3H3;6,8,11H,4-5,7H2,1-3H3,(H2,17,19). The van der Waals surface area contributed by atoms with Crippen molar-refractivity contribution < 1.29 is 18.7 Å². The summed E-state index contributed by atoms with van der Waals surface area (Å²) in [6.45, 7) is 20.8. The van der Waals surface area contributed by atoms with E-state index in [1.807, 2.05) is 6.07 Å².